The van der Waals surface area contributed by atoms with Crippen LogP contribution in [0.4, 0.5) is 5.69 Å². The molecular weight excluding hydrogens is 240 g/mol. The van der Waals surface area contributed by atoms with Crippen molar-refractivity contribution in [1.29, 1.82) is 0 Å². The fourth-order valence-corrected chi connectivity index (χ4v) is 2.14. The number of carbonyl (C=O) groups is 1. The summed E-state index contributed by atoms with van der Waals surface area (Å²) in [5.41, 5.74) is 1.64. The van der Waals surface area contributed by atoms with Crippen molar-refractivity contribution in [1.82, 2.24) is 5.32 Å². The third-order valence-corrected chi connectivity index (χ3v) is 3.05. The topological polar surface area (TPSA) is 52.6 Å². The second-order valence-corrected chi connectivity index (χ2v) is 4.49. The second-order valence-electron chi connectivity index (χ2n) is 4.06. The molecule has 92 valence electrons. The van der Waals surface area contributed by atoms with E-state index in [0.29, 0.717) is 18.1 Å². The first kappa shape index (κ1) is 12.2. The molecule has 5 heteroatoms. The lowest BCUT2D eigenvalue weighted by Crippen LogP contribution is -2.33. The number of anilines is 1. The number of benzene rings is 1. The van der Waals surface area contributed by atoms with Gasteiger partial charge in [-0.2, -0.15) is 0 Å². The van der Waals surface area contributed by atoms with Gasteiger partial charge in [0.05, 0.1) is 13.2 Å². The first-order valence-corrected chi connectivity index (χ1v) is 5.99. The number of nitrogens with zero attached hydrogens (tertiary/aromatic N) is 1. The smallest absolute Gasteiger partial charge is 0.239 e. The molecular formula is C12H15ClN2O2. The minimum atomic E-state index is -0.0510. The maximum absolute atomic E-state index is 11.5. The van der Waals surface area contributed by atoms with Gasteiger partial charge in [-0.3, -0.25) is 4.79 Å². The van der Waals surface area contributed by atoms with Crippen LogP contribution in [0.15, 0.2) is 18.2 Å². The molecule has 1 heterocycles. The number of rotatable bonds is 2. The van der Waals surface area contributed by atoms with Crippen molar-refractivity contribution in [2.45, 2.75) is 13.0 Å². The third kappa shape index (κ3) is 2.90. The highest BCUT2D eigenvalue weighted by atomic mass is 35.5. The summed E-state index contributed by atoms with van der Waals surface area (Å²) in [7, 11) is 0. The van der Waals surface area contributed by atoms with Crippen LogP contribution in [0.1, 0.15) is 12.0 Å². The van der Waals surface area contributed by atoms with Gasteiger partial charge in [-0.15, -0.1) is 0 Å². The van der Waals surface area contributed by atoms with Crippen LogP contribution in [0.5, 0.6) is 0 Å². The maximum Gasteiger partial charge on any atom is 0.239 e. The molecule has 1 aromatic rings. The normalized spacial score (nSPS) is 16.6. The van der Waals surface area contributed by atoms with E-state index >= 15 is 0 Å². The van der Waals surface area contributed by atoms with Crippen LogP contribution in [0, 0.1) is 0 Å². The zero-order chi connectivity index (χ0) is 12.3. The summed E-state index contributed by atoms with van der Waals surface area (Å²) in [4.78, 5) is 13.5. The highest BCUT2D eigenvalue weighted by Crippen LogP contribution is 2.25. The van der Waals surface area contributed by atoms with Crippen LogP contribution in [0.2, 0.25) is 5.02 Å². The average molecular weight is 255 g/mol. The van der Waals surface area contributed by atoms with E-state index in [4.69, 9.17) is 11.6 Å². The predicted octanol–water partition coefficient (Wildman–Crippen LogP) is 1.16. The SMILES string of the molecule is O=C1CN(c2cc(Cl)ccc2CO)CCCN1. The van der Waals surface area contributed by atoms with Gasteiger partial charge in [0.25, 0.3) is 0 Å². The van der Waals surface area contributed by atoms with Gasteiger partial charge in [0.1, 0.15) is 0 Å². The van der Waals surface area contributed by atoms with Crippen LogP contribution in [0.25, 0.3) is 0 Å². The molecule has 0 radical (unpaired) electrons. The van der Waals surface area contributed by atoms with Crippen LogP contribution >= 0.6 is 11.6 Å². The van der Waals surface area contributed by atoms with E-state index in [9.17, 15) is 9.90 Å². The van der Waals surface area contributed by atoms with E-state index in [1.165, 1.54) is 0 Å². The molecule has 1 aromatic carbocycles. The zero-order valence-electron chi connectivity index (χ0n) is 9.45. The van der Waals surface area contributed by atoms with Crippen molar-refractivity contribution in [2.24, 2.45) is 0 Å². The van der Waals surface area contributed by atoms with Gasteiger partial charge in [-0.05, 0) is 18.6 Å². The molecule has 0 aliphatic carbocycles. The van der Waals surface area contributed by atoms with E-state index in [-0.39, 0.29) is 12.5 Å². The van der Waals surface area contributed by atoms with E-state index in [1.54, 1.807) is 18.2 Å². The van der Waals surface area contributed by atoms with Gasteiger partial charge < -0.3 is 15.3 Å². The van der Waals surface area contributed by atoms with Crippen molar-refractivity contribution < 1.29 is 9.90 Å². The van der Waals surface area contributed by atoms with Gasteiger partial charge in [0.2, 0.25) is 5.91 Å². The molecule has 0 bridgehead atoms. The number of halogens is 1. The van der Waals surface area contributed by atoms with Crippen molar-refractivity contribution in [3.63, 3.8) is 0 Å². The molecule has 1 aliphatic rings. The van der Waals surface area contributed by atoms with Gasteiger partial charge in [0, 0.05) is 29.4 Å². The Hall–Kier alpha value is -1.26. The Balaban J connectivity index is 2.30. The summed E-state index contributed by atoms with van der Waals surface area (Å²) >= 11 is 5.96. The predicted molar refractivity (Wildman–Crippen MR) is 67.2 cm³/mol. The summed E-state index contributed by atoms with van der Waals surface area (Å²) in [6.45, 7) is 1.74. The summed E-state index contributed by atoms with van der Waals surface area (Å²) in [6.07, 6.45) is 0.892. The summed E-state index contributed by atoms with van der Waals surface area (Å²) < 4.78 is 0. The minimum Gasteiger partial charge on any atom is -0.392 e. The molecule has 0 atom stereocenters. The van der Waals surface area contributed by atoms with Gasteiger partial charge in [0.15, 0.2) is 0 Å². The van der Waals surface area contributed by atoms with E-state index in [0.717, 1.165) is 24.2 Å². The minimum absolute atomic E-state index is 0.00589. The molecule has 1 amide bonds. The Morgan fingerprint density at radius 2 is 2.29 bits per heavy atom. The van der Waals surface area contributed by atoms with Crippen molar-refractivity contribution in [3.8, 4) is 0 Å². The second kappa shape index (κ2) is 5.38. The maximum atomic E-state index is 11.5. The lowest BCUT2D eigenvalue weighted by atomic mass is 10.1. The molecule has 2 N–H and O–H groups in total. The standard InChI is InChI=1S/C12H15ClN2O2/c13-10-3-2-9(8-16)11(6-10)15-5-1-4-14-12(17)7-15/h2-3,6,16H,1,4-5,7-8H2,(H,14,17). The lowest BCUT2D eigenvalue weighted by molar-refractivity contribution is -0.119. The quantitative estimate of drug-likeness (QED) is 0.833. The summed E-state index contributed by atoms with van der Waals surface area (Å²) in [5.74, 6) is 0.00589. The fourth-order valence-electron chi connectivity index (χ4n) is 1.98. The molecule has 0 aromatic heterocycles. The number of nitrogens with one attached hydrogen (secondary N) is 1. The lowest BCUT2D eigenvalue weighted by Gasteiger charge is -2.24. The molecule has 17 heavy (non-hydrogen) atoms. The van der Waals surface area contributed by atoms with E-state index < -0.39 is 0 Å². The third-order valence-electron chi connectivity index (χ3n) is 2.82. The number of amides is 1. The largest absolute Gasteiger partial charge is 0.392 e. The Labute approximate surface area is 105 Å². The van der Waals surface area contributed by atoms with E-state index in [2.05, 4.69) is 5.32 Å². The number of aliphatic hydroxyl groups excluding tert-OH is 1. The molecule has 2 rings (SSSR count). The Morgan fingerprint density at radius 1 is 1.47 bits per heavy atom. The number of hydrogen-bond acceptors (Lipinski definition) is 3. The first-order valence-electron chi connectivity index (χ1n) is 5.61. The molecule has 0 saturated carbocycles. The molecule has 1 fully saturated rings. The highest BCUT2D eigenvalue weighted by molar-refractivity contribution is 6.30. The molecule has 0 unspecified atom stereocenters. The van der Waals surface area contributed by atoms with Crippen molar-refractivity contribution in [3.05, 3.63) is 28.8 Å². The van der Waals surface area contributed by atoms with Crippen LogP contribution in [-0.4, -0.2) is 30.6 Å². The highest BCUT2D eigenvalue weighted by Gasteiger charge is 2.17. The first-order chi connectivity index (χ1) is 8.20. The number of hydrogen-bond donors (Lipinski definition) is 2. The Kier molecular flexibility index (Phi) is 3.86. The summed E-state index contributed by atoms with van der Waals surface area (Å²) in [6, 6.07) is 5.33. The Morgan fingerprint density at radius 3 is 3.06 bits per heavy atom. The number of carbonyl (C=O) groups excluding carboxylic acids is 1. The monoisotopic (exact) mass is 254 g/mol. The molecule has 4 nitrogen and oxygen atoms in total. The van der Waals surface area contributed by atoms with Gasteiger partial charge >= 0.3 is 0 Å². The fraction of sp³-hybridized carbons (Fsp3) is 0.417. The number of aliphatic hydroxyl groups is 1. The molecule has 0 spiro atoms. The average Bonchev–Trinajstić information content (AvgIpc) is 2.54. The summed E-state index contributed by atoms with van der Waals surface area (Å²) in [5, 5.41) is 12.7. The van der Waals surface area contributed by atoms with Crippen LogP contribution < -0.4 is 10.2 Å². The molecule has 1 aliphatic heterocycles. The molecule has 1 saturated heterocycles. The Bertz CT molecular complexity index is 423. The zero-order valence-corrected chi connectivity index (χ0v) is 10.2. The van der Waals surface area contributed by atoms with Crippen molar-refractivity contribution >= 4 is 23.2 Å². The van der Waals surface area contributed by atoms with Crippen LogP contribution in [-0.2, 0) is 11.4 Å². The van der Waals surface area contributed by atoms with Gasteiger partial charge in [-0.25, -0.2) is 0 Å². The van der Waals surface area contributed by atoms with Crippen LogP contribution in [0.3, 0.4) is 0 Å². The van der Waals surface area contributed by atoms with E-state index in [1.807, 2.05) is 4.90 Å². The van der Waals surface area contributed by atoms with Crippen molar-refractivity contribution in [2.75, 3.05) is 24.5 Å². The van der Waals surface area contributed by atoms with Gasteiger partial charge in [-0.1, -0.05) is 17.7 Å².